The van der Waals surface area contributed by atoms with Gasteiger partial charge in [0.1, 0.15) is 11.7 Å². The number of amides is 1. The van der Waals surface area contributed by atoms with Crippen LogP contribution >= 0.6 is 0 Å². The van der Waals surface area contributed by atoms with Crippen LogP contribution in [0.15, 0.2) is 18.2 Å². The zero-order chi connectivity index (χ0) is 18.5. The van der Waals surface area contributed by atoms with E-state index in [1.807, 2.05) is 0 Å². The molecule has 0 fully saturated rings. The lowest BCUT2D eigenvalue weighted by Crippen LogP contribution is -2.47. The van der Waals surface area contributed by atoms with Crippen molar-refractivity contribution in [2.45, 2.75) is 45.4 Å². The quantitative estimate of drug-likeness (QED) is 0.473. The number of aliphatic hydroxyl groups excluding tert-OH is 1. The van der Waals surface area contributed by atoms with E-state index >= 15 is 0 Å². The maximum absolute atomic E-state index is 12.0. The highest BCUT2D eigenvalue weighted by molar-refractivity contribution is 5.82. The molecule has 0 aliphatic rings. The molecule has 0 saturated carbocycles. The van der Waals surface area contributed by atoms with Crippen LogP contribution in [0.2, 0.25) is 0 Å². The van der Waals surface area contributed by atoms with Crippen LogP contribution in [0, 0.1) is 0 Å². The molecule has 4 N–H and O–H groups in total. The number of carbonyl (C=O) groups excluding carboxylic acids is 2. The van der Waals surface area contributed by atoms with Crippen LogP contribution in [0.3, 0.4) is 0 Å². The molecular formula is C16H23NO7. The zero-order valence-electron chi connectivity index (χ0n) is 14.1. The molecule has 1 rings (SSSR count). The van der Waals surface area contributed by atoms with E-state index in [9.17, 15) is 24.9 Å². The molecule has 0 radical (unpaired) electrons. The fourth-order valence-electron chi connectivity index (χ4n) is 1.85. The summed E-state index contributed by atoms with van der Waals surface area (Å²) in [6.07, 6.45) is -2.41. The Bertz CT molecular complexity index is 595. The van der Waals surface area contributed by atoms with Gasteiger partial charge in [0, 0.05) is 0 Å². The molecule has 0 heterocycles. The van der Waals surface area contributed by atoms with E-state index in [2.05, 4.69) is 5.32 Å². The van der Waals surface area contributed by atoms with Gasteiger partial charge in [-0.15, -0.1) is 0 Å². The van der Waals surface area contributed by atoms with Crippen LogP contribution in [0.5, 0.6) is 11.5 Å². The molecule has 134 valence electrons. The first-order chi connectivity index (χ1) is 11.0. The number of ether oxygens (including phenoxy) is 2. The summed E-state index contributed by atoms with van der Waals surface area (Å²) in [4.78, 5) is 23.9. The lowest BCUT2D eigenvalue weighted by atomic mass is 10.0. The van der Waals surface area contributed by atoms with Gasteiger partial charge in [0.25, 0.3) is 0 Å². The molecule has 0 bridgehead atoms. The van der Waals surface area contributed by atoms with Crippen molar-refractivity contribution >= 4 is 12.1 Å². The average molecular weight is 341 g/mol. The Labute approximate surface area is 140 Å². The van der Waals surface area contributed by atoms with Crippen LogP contribution in [0.1, 0.15) is 39.4 Å². The van der Waals surface area contributed by atoms with Gasteiger partial charge in [0.15, 0.2) is 17.5 Å². The van der Waals surface area contributed by atoms with E-state index in [1.54, 1.807) is 27.7 Å². The molecule has 2 atom stereocenters. The number of hydrogen-bond donors (Lipinski definition) is 4. The van der Waals surface area contributed by atoms with Gasteiger partial charge in [0.2, 0.25) is 0 Å². The maximum atomic E-state index is 12.0. The smallest absolute Gasteiger partial charge is 0.408 e. The van der Waals surface area contributed by atoms with Crippen molar-refractivity contribution in [1.82, 2.24) is 5.32 Å². The minimum absolute atomic E-state index is 0.0544. The van der Waals surface area contributed by atoms with E-state index in [1.165, 1.54) is 6.07 Å². The number of aromatic hydroxyl groups is 2. The van der Waals surface area contributed by atoms with Crippen molar-refractivity contribution in [3.63, 3.8) is 0 Å². The van der Waals surface area contributed by atoms with Crippen LogP contribution < -0.4 is 5.32 Å². The van der Waals surface area contributed by atoms with Crippen LogP contribution in [0.25, 0.3) is 0 Å². The summed E-state index contributed by atoms with van der Waals surface area (Å²) in [7, 11) is 0. The van der Waals surface area contributed by atoms with E-state index in [-0.39, 0.29) is 17.9 Å². The first-order valence-electron chi connectivity index (χ1n) is 7.41. The average Bonchev–Trinajstić information content (AvgIpc) is 2.45. The van der Waals surface area contributed by atoms with Crippen molar-refractivity contribution in [3.05, 3.63) is 23.8 Å². The number of esters is 1. The van der Waals surface area contributed by atoms with Crippen LogP contribution in [-0.2, 0) is 14.3 Å². The largest absolute Gasteiger partial charge is 0.504 e. The zero-order valence-corrected chi connectivity index (χ0v) is 14.1. The summed E-state index contributed by atoms with van der Waals surface area (Å²) in [5.41, 5.74) is -0.676. The Kier molecular flexibility index (Phi) is 6.42. The highest BCUT2D eigenvalue weighted by Gasteiger charge is 2.33. The molecule has 8 heteroatoms. The Balaban J connectivity index is 3.01. The first-order valence-corrected chi connectivity index (χ1v) is 7.41. The topological polar surface area (TPSA) is 125 Å². The van der Waals surface area contributed by atoms with Crippen molar-refractivity contribution in [2.75, 3.05) is 6.61 Å². The van der Waals surface area contributed by atoms with Gasteiger partial charge in [-0.05, 0) is 45.4 Å². The molecule has 0 aliphatic carbocycles. The monoisotopic (exact) mass is 341 g/mol. The SMILES string of the molecule is CCOC(=O)[C@@H](NC(=O)OC(C)(C)C)[C@H](O)c1ccc(O)c(O)c1. The number of hydrogen-bond acceptors (Lipinski definition) is 7. The highest BCUT2D eigenvalue weighted by Crippen LogP contribution is 2.29. The van der Waals surface area contributed by atoms with Gasteiger partial charge in [-0.25, -0.2) is 9.59 Å². The fourth-order valence-corrected chi connectivity index (χ4v) is 1.85. The second-order valence-electron chi connectivity index (χ2n) is 6.07. The third-order valence-corrected chi connectivity index (χ3v) is 2.87. The second-order valence-corrected chi connectivity index (χ2v) is 6.07. The van der Waals surface area contributed by atoms with E-state index in [0.717, 1.165) is 12.1 Å². The summed E-state index contributed by atoms with van der Waals surface area (Å²) in [5.74, 6) is -1.70. The predicted molar refractivity (Wildman–Crippen MR) is 84.5 cm³/mol. The summed E-state index contributed by atoms with van der Waals surface area (Å²) in [6.45, 7) is 6.60. The molecule has 24 heavy (non-hydrogen) atoms. The number of carbonyl (C=O) groups is 2. The lowest BCUT2D eigenvalue weighted by Gasteiger charge is -2.25. The van der Waals surface area contributed by atoms with Gasteiger partial charge in [0.05, 0.1) is 6.61 Å². The minimum Gasteiger partial charge on any atom is -0.504 e. The molecule has 1 amide bonds. The number of benzene rings is 1. The highest BCUT2D eigenvalue weighted by atomic mass is 16.6. The van der Waals surface area contributed by atoms with Crippen LogP contribution in [0.4, 0.5) is 4.79 Å². The molecule has 0 spiro atoms. The molecule has 0 saturated heterocycles. The van der Waals surface area contributed by atoms with E-state index in [0.29, 0.717) is 0 Å². The number of alkyl carbamates (subject to hydrolysis) is 1. The Morgan fingerprint density at radius 1 is 1.21 bits per heavy atom. The molecule has 8 nitrogen and oxygen atoms in total. The second kappa shape index (κ2) is 7.87. The van der Waals surface area contributed by atoms with Crippen molar-refractivity contribution in [3.8, 4) is 11.5 Å². The Hall–Kier alpha value is -2.48. The number of nitrogens with one attached hydrogen (secondary N) is 1. The fraction of sp³-hybridized carbons (Fsp3) is 0.500. The van der Waals surface area contributed by atoms with Crippen molar-refractivity contribution in [1.29, 1.82) is 0 Å². The van der Waals surface area contributed by atoms with Gasteiger partial charge >= 0.3 is 12.1 Å². The van der Waals surface area contributed by atoms with Crippen molar-refractivity contribution < 1.29 is 34.4 Å². The predicted octanol–water partition coefficient (Wildman–Crippen LogP) is 1.59. The van der Waals surface area contributed by atoms with Gasteiger partial charge in [-0.2, -0.15) is 0 Å². The standard InChI is InChI=1S/C16H23NO7/c1-5-23-14(21)12(17-15(22)24-16(2,3)4)13(20)9-6-7-10(18)11(19)8-9/h6-8,12-13,18-20H,5H2,1-4H3,(H,17,22)/t12-,13+/m0/s1. The third kappa shape index (κ3) is 5.62. The molecular weight excluding hydrogens is 318 g/mol. The third-order valence-electron chi connectivity index (χ3n) is 2.87. The van der Waals surface area contributed by atoms with Crippen LogP contribution in [-0.4, -0.2) is 45.6 Å². The van der Waals surface area contributed by atoms with Crippen molar-refractivity contribution in [2.24, 2.45) is 0 Å². The molecule has 1 aromatic carbocycles. The van der Waals surface area contributed by atoms with E-state index in [4.69, 9.17) is 9.47 Å². The molecule has 0 unspecified atom stereocenters. The first kappa shape index (κ1) is 19.6. The summed E-state index contributed by atoms with van der Waals surface area (Å²) in [6, 6.07) is 2.11. The normalized spacial score (nSPS) is 13.7. The van der Waals surface area contributed by atoms with Gasteiger partial charge < -0.3 is 30.1 Å². The maximum Gasteiger partial charge on any atom is 0.408 e. The molecule has 1 aromatic rings. The summed E-state index contributed by atoms with van der Waals surface area (Å²) < 4.78 is 9.92. The van der Waals surface area contributed by atoms with Gasteiger partial charge in [-0.1, -0.05) is 6.07 Å². The number of phenolic OH excluding ortho intramolecular Hbond substituents is 2. The van der Waals surface area contributed by atoms with Gasteiger partial charge in [-0.3, -0.25) is 0 Å². The molecule has 0 aliphatic heterocycles. The minimum atomic E-state index is -1.51. The lowest BCUT2D eigenvalue weighted by molar-refractivity contribution is -0.148. The molecule has 0 aromatic heterocycles. The Morgan fingerprint density at radius 3 is 2.33 bits per heavy atom. The van der Waals surface area contributed by atoms with E-state index < -0.39 is 35.6 Å². The summed E-state index contributed by atoms with van der Waals surface area (Å²) in [5, 5.41) is 31.5. The summed E-state index contributed by atoms with van der Waals surface area (Å²) >= 11 is 0. The Morgan fingerprint density at radius 2 is 1.83 bits per heavy atom. The number of aliphatic hydroxyl groups is 1. The number of phenols is 2. The number of rotatable bonds is 5.